The molecule has 0 unspecified atom stereocenters. The molecule has 0 N–H and O–H groups in total. The minimum Gasteiger partial charge on any atom is -0.228 e. The van der Waals surface area contributed by atoms with Gasteiger partial charge in [0.1, 0.15) is 0 Å². The van der Waals surface area contributed by atoms with Crippen LogP contribution in [0.2, 0.25) is 0 Å². The van der Waals surface area contributed by atoms with Gasteiger partial charge in [-0.1, -0.05) is 211 Å². The Morgan fingerprint density at radius 1 is 0.483 bits per heavy atom. The van der Waals surface area contributed by atoms with Gasteiger partial charge in [-0.2, -0.15) is 0 Å². The molecule has 60 heavy (non-hydrogen) atoms. The van der Waals surface area contributed by atoms with Gasteiger partial charge in [0.05, 0.1) is 11.4 Å². The van der Waals surface area contributed by atoms with Gasteiger partial charge in [0, 0.05) is 16.7 Å². The quantitative estimate of drug-likeness (QED) is 0.122. The molecule has 0 bridgehead atoms. The summed E-state index contributed by atoms with van der Waals surface area (Å²) in [6.45, 7) is 13.0. The molecular weight excluding hydrogens is 725 g/mol. The normalized spacial score (nSPS) is 11.4. The molecule has 0 atom stereocenters. The summed E-state index contributed by atoms with van der Waals surface area (Å²) in [6, 6.07) is 64.9. The molecule has 0 fully saturated rings. The van der Waals surface area contributed by atoms with Crippen LogP contribution in [-0.4, -0.2) is 9.97 Å². The minimum absolute atomic E-state index is 0.302. The standard InChI is InChI=1S/C56H48N2.C2H6/c1-5-7-22-40(6-2)53-49(39(3)4)37-50(54(42-25-14-9-15-26-42)55(53)43-27-16-10-17-28-43)47-33-20-31-45(35-47)46-32-21-34-48(36-46)52-38-51(41-23-12-8-13-24-41)57-56(58-52)44-29-18-11-19-30-44;1-2/h5,7-39H,6H2,1-4H3;1-2H3/b7-5-,40-22+;. The van der Waals surface area contributed by atoms with E-state index in [4.69, 9.17) is 9.97 Å². The van der Waals surface area contributed by atoms with Crippen molar-refractivity contribution in [3.05, 3.63) is 211 Å². The van der Waals surface area contributed by atoms with E-state index in [-0.39, 0.29) is 0 Å². The summed E-state index contributed by atoms with van der Waals surface area (Å²) in [4.78, 5) is 10.2. The van der Waals surface area contributed by atoms with Gasteiger partial charge in [0.15, 0.2) is 5.82 Å². The fourth-order valence-corrected chi connectivity index (χ4v) is 7.91. The maximum atomic E-state index is 5.14. The molecule has 1 aromatic heterocycles. The van der Waals surface area contributed by atoms with Gasteiger partial charge in [0.25, 0.3) is 0 Å². The van der Waals surface area contributed by atoms with Crippen molar-refractivity contribution in [1.82, 2.24) is 9.97 Å². The van der Waals surface area contributed by atoms with Crippen LogP contribution in [0, 0.1) is 0 Å². The zero-order valence-corrected chi connectivity index (χ0v) is 35.7. The third-order valence-corrected chi connectivity index (χ3v) is 10.8. The number of benzene rings is 7. The van der Waals surface area contributed by atoms with Gasteiger partial charge >= 0.3 is 0 Å². The Bertz CT molecular complexity index is 2650. The van der Waals surface area contributed by atoms with Crippen molar-refractivity contribution in [3.63, 3.8) is 0 Å². The lowest BCUT2D eigenvalue weighted by atomic mass is 9.77. The monoisotopic (exact) mass is 778 g/mol. The van der Waals surface area contributed by atoms with Crippen molar-refractivity contribution in [2.75, 3.05) is 0 Å². The molecule has 0 amide bonds. The number of hydrogen-bond donors (Lipinski definition) is 0. The second-order valence-corrected chi connectivity index (χ2v) is 15.0. The van der Waals surface area contributed by atoms with E-state index in [0.29, 0.717) is 11.7 Å². The highest BCUT2D eigenvalue weighted by Gasteiger charge is 2.24. The van der Waals surface area contributed by atoms with Crippen LogP contribution in [0.25, 0.3) is 84.0 Å². The Labute approximate surface area is 357 Å². The van der Waals surface area contributed by atoms with E-state index in [9.17, 15) is 0 Å². The van der Waals surface area contributed by atoms with E-state index >= 15 is 0 Å². The van der Waals surface area contributed by atoms with Crippen LogP contribution in [0.1, 0.15) is 65.0 Å². The van der Waals surface area contributed by atoms with Gasteiger partial charge in [0.2, 0.25) is 0 Å². The topological polar surface area (TPSA) is 25.8 Å². The lowest BCUT2D eigenvalue weighted by Gasteiger charge is -2.26. The van der Waals surface area contributed by atoms with Gasteiger partial charge in [-0.25, -0.2) is 9.97 Å². The van der Waals surface area contributed by atoms with E-state index < -0.39 is 0 Å². The second-order valence-electron chi connectivity index (χ2n) is 15.0. The summed E-state index contributed by atoms with van der Waals surface area (Å²) in [5, 5.41) is 0. The number of aromatic nitrogens is 2. The molecule has 0 aliphatic rings. The van der Waals surface area contributed by atoms with Crippen LogP contribution in [-0.2, 0) is 0 Å². The highest BCUT2D eigenvalue weighted by atomic mass is 14.9. The summed E-state index contributed by atoms with van der Waals surface area (Å²) in [5.74, 6) is 1.01. The molecule has 8 rings (SSSR count). The first-order chi connectivity index (χ1) is 29.5. The first-order valence-electron chi connectivity index (χ1n) is 21.4. The van der Waals surface area contributed by atoms with Crippen molar-refractivity contribution in [2.45, 2.75) is 53.9 Å². The smallest absolute Gasteiger partial charge is 0.160 e. The first kappa shape index (κ1) is 41.3. The highest BCUT2D eigenvalue weighted by molar-refractivity contribution is 6.01. The van der Waals surface area contributed by atoms with Gasteiger partial charge in [-0.05, 0) is 105 Å². The third-order valence-electron chi connectivity index (χ3n) is 10.8. The Balaban J connectivity index is 0.00000268. The minimum atomic E-state index is 0.302. The first-order valence-corrected chi connectivity index (χ1v) is 21.4. The zero-order valence-electron chi connectivity index (χ0n) is 35.7. The van der Waals surface area contributed by atoms with Crippen LogP contribution in [0.4, 0.5) is 0 Å². The van der Waals surface area contributed by atoms with Crippen LogP contribution in [0.15, 0.2) is 200 Å². The predicted octanol–water partition coefficient (Wildman–Crippen LogP) is 16.7. The second kappa shape index (κ2) is 19.7. The fourth-order valence-electron chi connectivity index (χ4n) is 7.91. The number of hydrogen-bond acceptors (Lipinski definition) is 2. The fraction of sp³-hybridized carbons (Fsp3) is 0.138. The molecule has 0 aliphatic carbocycles. The third kappa shape index (κ3) is 9.04. The SMILES string of the molecule is C/C=C\C=C(/CC)c1c(C(C)C)cc(-c2cccc(-c3cccc(-c4cc(-c5ccccc5)nc(-c5ccccc5)n4)c3)c2)c(-c2ccccc2)c1-c1ccccc1.CC. The van der Waals surface area contributed by atoms with Crippen molar-refractivity contribution in [2.24, 2.45) is 0 Å². The maximum absolute atomic E-state index is 5.14. The molecule has 296 valence electrons. The molecule has 0 spiro atoms. The van der Waals surface area contributed by atoms with E-state index in [1.165, 1.54) is 50.1 Å². The van der Waals surface area contributed by atoms with Crippen LogP contribution in [0.3, 0.4) is 0 Å². The number of nitrogens with zero attached hydrogens (tertiary/aromatic N) is 2. The van der Waals surface area contributed by atoms with Crippen LogP contribution in [0.5, 0.6) is 0 Å². The largest absolute Gasteiger partial charge is 0.228 e. The Morgan fingerprint density at radius 2 is 0.933 bits per heavy atom. The molecular formula is C58H54N2. The lowest BCUT2D eigenvalue weighted by molar-refractivity contribution is 0.862. The van der Waals surface area contributed by atoms with E-state index in [2.05, 4.69) is 204 Å². The molecule has 2 heteroatoms. The summed E-state index contributed by atoms with van der Waals surface area (Å²) in [7, 11) is 0. The lowest BCUT2D eigenvalue weighted by Crippen LogP contribution is -2.04. The summed E-state index contributed by atoms with van der Waals surface area (Å²) in [6.07, 6.45) is 7.53. The van der Waals surface area contributed by atoms with Crippen LogP contribution < -0.4 is 0 Å². The van der Waals surface area contributed by atoms with Crippen molar-refractivity contribution >= 4 is 5.57 Å². The summed E-state index contributed by atoms with van der Waals surface area (Å²) in [5.41, 5.74) is 18.6. The average Bonchev–Trinajstić information content (AvgIpc) is 3.33. The molecule has 7 aromatic carbocycles. The zero-order chi connectivity index (χ0) is 41.8. The van der Waals surface area contributed by atoms with E-state index in [1.54, 1.807) is 0 Å². The number of allylic oxidation sites excluding steroid dienone is 4. The molecule has 0 saturated carbocycles. The van der Waals surface area contributed by atoms with Crippen molar-refractivity contribution < 1.29 is 0 Å². The maximum Gasteiger partial charge on any atom is 0.160 e. The number of rotatable bonds is 11. The van der Waals surface area contributed by atoms with Gasteiger partial charge in [-0.3, -0.25) is 0 Å². The van der Waals surface area contributed by atoms with Crippen molar-refractivity contribution in [3.8, 4) is 78.4 Å². The molecule has 8 aromatic rings. The van der Waals surface area contributed by atoms with Gasteiger partial charge < -0.3 is 0 Å². The van der Waals surface area contributed by atoms with Crippen molar-refractivity contribution in [1.29, 1.82) is 0 Å². The molecule has 1 heterocycles. The summed E-state index contributed by atoms with van der Waals surface area (Å²) >= 11 is 0. The van der Waals surface area contributed by atoms with E-state index in [0.717, 1.165) is 45.6 Å². The van der Waals surface area contributed by atoms with Crippen LogP contribution >= 0.6 is 0 Å². The Hall–Kier alpha value is -6.90. The summed E-state index contributed by atoms with van der Waals surface area (Å²) < 4.78 is 0. The van der Waals surface area contributed by atoms with Gasteiger partial charge in [-0.15, -0.1) is 0 Å². The van der Waals surface area contributed by atoms with E-state index in [1.807, 2.05) is 38.1 Å². The Morgan fingerprint density at radius 3 is 1.47 bits per heavy atom. The molecule has 2 nitrogen and oxygen atoms in total. The average molecular weight is 779 g/mol. The molecule has 0 radical (unpaired) electrons. The molecule has 0 saturated heterocycles. The Kier molecular flexibility index (Phi) is 13.5. The predicted molar refractivity (Wildman–Crippen MR) is 259 cm³/mol. The molecule has 0 aliphatic heterocycles. The highest BCUT2D eigenvalue weighted by Crippen LogP contribution is 2.48.